The standard InChI is InChI=1S/C17H16FNO3S/c1-12-6-8-13(9-7-12)23(21,22)19-11-10-15(18)17(20)14-4-2-3-5-16(14)19/h2-9,15H,10-11H2,1H3. The Kier molecular flexibility index (Phi) is 3.93. The Bertz CT molecular complexity index is 846. The van der Waals surface area contributed by atoms with Crippen LogP contribution in [0.25, 0.3) is 0 Å². The zero-order valence-corrected chi connectivity index (χ0v) is 13.4. The molecule has 2 aromatic carbocycles. The lowest BCUT2D eigenvalue weighted by Crippen LogP contribution is -2.32. The monoisotopic (exact) mass is 333 g/mol. The molecule has 1 heterocycles. The zero-order valence-electron chi connectivity index (χ0n) is 12.6. The van der Waals surface area contributed by atoms with Gasteiger partial charge in [-0.1, -0.05) is 29.8 Å². The highest BCUT2D eigenvalue weighted by Gasteiger charge is 2.34. The van der Waals surface area contributed by atoms with Gasteiger partial charge in [0.2, 0.25) is 0 Å². The number of aryl methyl sites for hydroxylation is 1. The van der Waals surface area contributed by atoms with Gasteiger partial charge in [-0.05, 0) is 31.2 Å². The smallest absolute Gasteiger partial charge is 0.264 e. The minimum Gasteiger partial charge on any atom is -0.291 e. The maximum absolute atomic E-state index is 14.0. The van der Waals surface area contributed by atoms with Crippen molar-refractivity contribution in [2.45, 2.75) is 24.4 Å². The van der Waals surface area contributed by atoms with Crippen LogP contribution in [-0.2, 0) is 10.0 Å². The molecule has 0 bridgehead atoms. The Balaban J connectivity index is 2.13. The molecule has 0 aliphatic carbocycles. The van der Waals surface area contributed by atoms with Crippen molar-refractivity contribution in [3.8, 4) is 0 Å². The topological polar surface area (TPSA) is 54.5 Å². The third-order valence-corrected chi connectivity index (χ3v) is 5.74. The second-order valence-electron chi connectivity index (χ2n) is 5.53. The zero-order chi connectivity index (χ0) is 16.6. The van der Waals surface area contributed by atoms with Crippen molar-refractivity contribution in [3.05, 3.63) is 59.7 Å². The molecule has 0 N–H and O–H groups in total. The maximum atomic E-state index is 14.0. The first kappa shape index (κ1) is 15.7. The molecule has 0 spiro atoms. The molecule has 0 fully saturated rings. The van der Waals surface area contributed by atoms with Gasteiger partial charge in [0.1, 0.15) is 0 Å². The van der Waals surface area contributed by atoms with Gasteiger partial charge in [-0.15, -0.1) is 0 Å². The molecule has 0 aromatic heterocycles. The number of alkyl halides is 1. The van der Waals surface area contributed by atoms with Crippen LogP contribution in [0.2, 0.25) is 0 Å². The number of ketones is 1. The molecule has 4 nitrogen and oxygen atoms in total. The summed E-state index contributed by atoms with van der Waals surface area (Å²) in [5, 5.41) is 0. The van der Waals surface area contributed by atoms with E-state index in [2.05, 4.69) is 0 Å². The number of halogens is 1. The number of anilines is 1. The largest absolute Gasteiger partial charge is 0.291 e. The van der Waals surface area contributed by atoms with Crippen LogP contribution in [0.3, 0.4) is 0 Å². The summed E-state index contributed by atoms with van der Waals surface area (Å²) in [4.78, 5) is 12.2. The molecule has 0 amide bonds. The lowest BCUT2D eigenvalue weighted by Gasteiger charge is -2.24. The molecule has 1 aliphatic rings. The van der Waals surface area contributed by atoms with E-state index < -0.39 is 22.0 Å². The number of Topliss-reactive ketones (excluding diaryl/α,β-unsaturated/α-hetero) is 1. The van der Waals surface area contributed by atoms with Crippen LogP contribution in [0.5, 0.6) is 0 Å². The summed E-state index contributed by atoms with van der Waals surface area (Å²) in [6.45, 7) is 1.80. The molecule has 1 atom stereocenters. The van der Waals surface area contributed by atoms with Gasteiger partial charge in [0.05, 0.1) is 10.6 Å². The van der Waals surface area contributed by atoms with Crippen LogP contribution in [-0.4, -0.2) is 26.9 Å². The molecule has 2 aromatic rings. The van der Waals surface area contributed by atoms with E-state index in [-0.39, 0.29) is 29.1 Å². The van der Waals surface area contributed by atoms with E-state index in [0.717, 1.165) is 9.87 Å². The van der Waals surface area contributed by atoms with Gasteiger partial charge in [0, 0.05) is 18.5 Å². The van der Waals surface area contributed by atoms with Crippen LogP contribution in [0, 0.1) is 6.92 Å². The summed E-state index contributed by atoms with van der Waals surface area (Å²) in [6.07, 6.45) is -1.84. The number of hydrogen-bond donors (Lipinski definition) is 0. The molecule has 120 valence electrons. The highest BCUT2D eigenvalue weighted by Crippen LogP contribution is 2.32. The number of fused-ring (bicyclic) bond motifs is 1. The van der Waals surface area contributed by atoms with Crippen molar-refractivity contribution >= 4 is 21.5 Å². The van der Waals surface area contributed by atoms with Gasteiger partial charge < -0.3 is 0 Å². The average Bonchev–Trinajstić information content (AvgIpc) is 2.66. The van der Waals surface area contributed by atoms with Crippen molar-refractivity contribution in [1.29, 1.82) is 0 Å². The molecule has 3 rings (SSSR count). The number of carbonyl (C=O) groups is 1. The van der Waals surface area contributed by atoms with Crippen molar-refractivity contribution in [3.63, 3.8) is 0 Å². The van der Waals surface area contributed by atoms with E-state index in [1.165, 1.54) is 24.3 Å². The Labute approximate surface area is 134 Å². The first-order chi connectivity index (χ1) is 10.9. The van der Waals surface area contributed by atoms with Crippen LogP contribution in [0.15, 0.2) is 53.4 Å². The molecule has 0 saturated carbocycles. The van der Waals surface area contributed by atoms with Gasteiger partial charge >= 0.3 is 0 Å². The Morgan fingerprint density at radius 3 is 2.43 bits per heavy atom. The van der Waals surface area contributed by atoms with Crippen LogP contribution < -0.4 is 4.31 Å². The predicted molar refractivity (Wildman–Crippen MR) is 86.0 cm³/mol. The average molecular weight is 333 g/mol. The highest BCUT2D eigenvalue weighted by molar-refractivity contribution is 7.92. The Hall–Kier alpha value is -2.21. The third kappa shape index (κ3) is 2.74. The van der Waals surface area contributed by atoms with Crippen molar-refractivity contribution in [2.75, 3.05) is 10.8 Å². The number of rotatable bonds is 2. The summed E-state index contributed by atoms with van der Waals surface area (Å²) in [5.41, 5.74) is 1.28. The summed E-state index contributed by atoms with van der Waals surface area (Å²) >= 11 is 0. The van der Waals surface area contributed by atoms with E-state index in [0.29, 0.717) is 0 Å². The van der Waals surface area contributed by atoms with Crippen molar-refractivity contribution in [1.82, 2.24) is 0 Å². The van der Waals surface area contributed by atoms with Crippen LogP contribution >= 0.6 is 0 Å². The molecule has 23 heavy (non-hydrogen) atoms. The van der Waals surface area contributed by atoms with Crippen molar-refractivity contribution < 1.29 is 17.6 Å². The number of nitrogens with zero attached hydrogens (tertiary/aromatic N) is 1. The lowest BCUT2D eigenvalue weighted by atomic mass is 10.1. The molecular formula is C17H16FNO3S. The number of para-hydroxylation sites is 1. The third-order valence-electron chi connectivity index (χ3n) is 3.92. The van der Waals surface area contributed by atoms with E-state index >= 15 is 0 Å². The molecule has 0 saturated heterocycles. The van der Waals surface area contributed by atoms with E-state index in [1.807, 2.05) is 6.92 Å². The molecule has 1 aliphatic heterocycles. The molecule has 0 radical (unpaired) electrons. The second-order valence-corrected chi connectivity index (χ2v) is 7.39. The first-order valence-corrected chi connectivity index (χ1v) is 8.72. The van der Waals surface area contributed by atoms with Gasteiger partial charge in [-0.3, -0.25) is 9.10 Å². The van der Waals surface area contributed by atoms with E-state index in [4.69, 9.17) is 0 Å². The molecular weight excluding hydrogens is 317 g/mol. The SMILES string of the molecule is Cc1ccc(S(=O)(=O)N2CCC(F)C(=O)c3ccccc32)cc1. The Morgan fingerprint density at radius 2 is 1.74 bits per heavy atom. The highest BCUT2D eigenvalue weighted by atomic mass is 32.2. The molecule has 1 unspecified atom stereocenters. The van der Waals surface area contributed by atoms with Gasteiger partial charge in [0.25, 0.3) is 10.0 Å². The fraction of sp³-hybridized carbons (Fsp3) is 0.235. The summed E-state index contributed by atoms with van der Waals surface area (Å²) in [7, 11) is -3.85. The minimum absolute atomic E-state index is 0.0693. The van der Waals surface area contributed by atoms with Crippen LogP contribution in [0.1, 0.15) is 22.3 Å². The summed E-state index contributed by atoms with van der Waals surface area (Å²) in [5.74, 6) is -0.665. The van der Waals surface area contributed by atoms with E-state index in [1.54, 1.807) is 24.3 Å². The predicted octanol–water partition coefficient (Wildman–Crippen LogP) is 3.11. The number of hydrogen-bond acceptors (Lipinski definition) is 3. The van der Waals surface area contributed by atoms with Gasteiger partial charge in [-0.25, -0.2) is 12.8 Å². The summed E-state index contributed by atoms with van der Waals surface area (Å²) < 4.78 is 40.9. The van der Waals surface area contributed by atoms with Crippen molar-refractivity contribution in [2.24, 2.45) is 0 Å². The normalized spacial score (nSPS) is 18.4. The minimum atomic E-state index is -3.85. The van der Waals surface area contributed by atoms with Gasteiger partial charge in [0.15, 0.2) is 12.0 Å². The lowest BCUT2D eigenvalue weighted by molar-refractivity contribution is 0.0876. The fourth-order valence-corrected chi connectivity index (χ4v) is 4.14. The van der Waals surface area contributed by atoms with Gasteiger partial charge in [-0.2, -0.15) is 0 Å². The van der Waals surface area contributed by atoms with Crippen LogP contribution in [0.4, 0.5) is 10.1 Å². The number of benzene rings is 2. The number of sulfonamides is 1. The second kappa shape index (κ2) is 5.77. The Morgan fingerprint density at radius 1 is 1.09 bits per heavy atom. The summed E-state index contributed by atoms with van der Waals surface area (Å²) in [6, 6.07) is 12.7. The quantitative estimate of drug-likeness (QED) is 0.848. The first-order valence-electron chi connectivity index (χ1n) is 7.28. The fourth-order valence-electron chi connectivity index (χ4n) is 2.64. The van der Waals surface area contributed by atoms with E-state index in [9.17, 15) is 17.6 Å². The number of carbonyl (C=O) groups excluding carboxylic acids is 1. The molecule has 6 heteroatoms. The maximum Gasteiger partial charge on any atom is 0.264 e.